The third-order valence-electron chi connectivity index (χ3n) is 4.65. The molecule has 7 nitrogen and oxygen atoms in total. The maximum atomic E-state index is 13.0. The van der Waals surface area contributed by atoms with Gasteiger partial charge >= 0.3 is 0 Å². The Hall–Kier alpha value is -1.92. The zero-order valence-corrected chi connectivity index (χ0v) is 15.4. The molecule has 0 unspecified atom stereocenters. The predicted molar refractivity (Wildman–Crippen MR) is 91.0 cm³/mol. The lowest BCUT2D eigenvalue weighted by molar-refractivity contribution is -0.147. The Morgan fingerprint density at radius 2 is 2.00 bits per heavy atom. The van der Waals surface area contributed by atoms with Gasteiger partial charge in [0.1, 0.15) is 11.9 Å². The summed E-state index contributed by atoms with van der Waals surface area (Å²) in [5.74, 6) is 1.99. The Morgan fingerprint density at radius 3 is 2.54 bits per heavy atom. The number of likely N-dealkylation sites (N-methyl/N-ethyl adjacent to an activating group) is 1. The largest absolute Gasteiger partial charge is 0.336 e. The van der Waals surface area contributed by atoms with E-state index in [-0.39, 0.29) is 17.9 Å². The van der Waals surface area contributed by atoms with Crippen molar-refractivity contribution in [2.75, 3.05) is 13.6 Å². The standard InChI is InChI=1S/C17H29N5O2/c1-12(2)10-14(22-9-7-6-8-16(22)23)17(24)20(4)11-15-19-18-13(3)21(15)5/h12,14H,6-11H2,1-5H3/t14-/m0/s1. The predicted octanol–water partition coefficient (Wildman–Crippen LogP) is 1.51. The summed E-state index contributed by atoms with van der Waals surface area (Å²) in [6.07, 6.45) is 3.13. The molecule has 0 spiro atoms. The van der Waals surface area contributed by atoms with E-state index in [0.29, 0.717) is 31.8 Å². The molecule has 1 aromatic heterocycles. The first kappa shape index (κ1) is 18.4. The van der Waals surface area contributed by atoms with Crippen molar-refractivity contribution in [3.05, 3.63) is 11.6 Å². The molecule has 0 bridgehead atoms. The number of carbonyl (C=O) groups is 2. The first-order valence-corrected chi connectivity index (χ1v) is 8.70. The van der Waals surface area contributed by atoms with Gasteiger partial charge in [0, 0.05) is 27.1 Å². The number of hydrogen-bond donors (Lipinski definition) is 0. The van der Waals surface area contributed by atoms with E-state index in [4.69, 9.17) is 0 Å². The van der Waals surface area contributed by atoms with E-state index >= 15 is 0 Å². The molecule has 1 aromatic rings. The minimum Gasteiger partial charge on any atom is -0.336 e. The second kappa shape index (κ2) is 7.77. The summed E-state index contributed by atoms with van der Waals surface area (Å²) in [6.45, 7) is 7.12. The summed E-state index contributed by atoms with van der Waals surface area (Å²) in [6, 6.07) is -0.378. The van der Waals surface area contributed by atoms with Crippen molar-refractivity contribution in [1.29, 1.82) is 0 Å². The number of aromatic nitrogens is 3. The van der Waals surface area contributed by atoms with Gasteiger partial charge in [-0.3, -0.25) is 9.59 Å². The molecule has 1 aliphatic heterocycles. The summed E-state index contributed by atoms with van der Waals surface area (Å²) in [7, 11) is 3.66. The molecule has 2 rings (SSSR count). The summed E-state index contributed by atoms with van der Waals surface area (Å²) in [4.78, 5) is 28.8. The Balaban J connectivity index is 2.13. The fourth-order valence-corrected chi connectivity index (χ4v) is 3.10. The van der Waals surface area contributed by atoms with E-state index in [0.717, 1.165) is 24.5 Å². The maximum Gasteiger partial charge on any atom is 0.245 e. The average molecular weight is 335 g/mol. The van der Waals surface area contributed by atoms with Crippen LogP contribution in [0.2, 0.25) is 0 Å². The van der Waals surface area contributed by atoms with Crippen molar-refractivity contribution < 1.29 is 9.59 Å². The van der Waals surface area contributed by atoms with Crippen molar-refractivity contribution in [1.82, 2.24) is 24.6 Å². The van der Waals surface area contributed by atoms with Crippen LogP contribution in [0.1, 0.15) is 51.2 Å². The lowest BCUT2D eigenvalue weighted by Gasteiger charge is -2.36. The van der Waals surface area contributed by atoms with Crippen LogP contribution in [0.15, 0.2) is 0 Å². The van der Waals surface area contributed by atoms with Gasteiger partial charge in [-0.15, -0.1) is 10.2 Å². The first-order chi connectivity index (χ1) is 11.3. The van der Waals surface area contributed by atoms with Gasteiger partial charge in [-0.25, -0.2) is 0 Å². The Bertz CT molecular complexity index is 596. The van der Waals surface area contributed by atoms with E-state index in [2.05, 4.69) is 24.0 Å². The van der Waals surface area contributed by atoms with Crippen LogP contribution in [0.25, 0.3) is 0 Å². The van der Waals surface area contributed by atoms with Gasteiger partial charge in [-0.1, -0.05) is 13.8 Å². The van der Waals surface area contributed by atoms with E-state index in [9.17, 15) is 9.59 Å². The molecule has 134 valence electrons. The van der Waals surface area contributed by atoms with Crippen LogP contribution < -0.4 is 0 Å². The van der Waals surface area contributed by atoms with Crippen molar-refractivity contribution >= 4 is 11.8 Å². The van der Waals surface area contributed by atoms with Gasteiger partial charge < -0.3 is 14.4 Å². The number of hydrogen-bond acceptors (Lipinski definition) is 4. The highest BCUT2D eigenvalue weighted by Crippen LogP contribution is 2.21. The Labute approximate surface area is 144 Å². The topological polar surface area (TPSA) is 71.3 Å². The molecule has 24 heavy (non-hydrogen) atoms. The molecular weight excluding hydrogens is 306 g/mol. The fourth-order valence-electron chi connectivity index (χ4n) is 3.10. The average Bonchev–Trinajstić information content (AvgIpc) is 2.84. The lowest BCUT2D eigenvalue weighted by Crippen LogP contribution is -2.52. The Kier molecular flexibility index (Phi) is 5.96. The fraction of sp³-hybridized carbons (Fsp3) is 0.765. The number of carbonyl (C=O) groups excluding carboxylic acids is 2. The molecule has 2 amide bonds. The van der Waals surface area contributed by atoms with Crippen molar-refractivity contribution in [2.24, 2.45) is 13.0 Å². The smallest absolute Gasteiger partial charge is 0.245 e. The minimum atomic E-state index is -0.378. The number of nitrogens with zero attached hydrogens (tertiary/aromatic N) is 5. The molecule has 1 saturated heterocycles. The number of piperidine rings is 1. The molecule has 7 heteroatoms. The van der Waals surface area contributed by atoms with Crippen LogP contribution in [0.4, 0.5) is 0 Å². The van der Waals surface area contributed by atoms with Crippen molar-refractivity contribution in [3.8, 4) is 0 Å². The van der Waals surface area contributed by atoms with E-state index < -0.39 is 0 Å². The molecule has 0 aromatic carbocycles. The molecule has 0 N–H and O–H groups in total. The second-order valence-electron chi connectivity index (χ2n) is 7.11. The zero-order valence-electron chi connectivity index (χ0n) is 15.4. The second-order valence-corrected chi connectivity index (χ2v) is 7.11. The molecule has 1 atom stereocenters. The highest BCUT2D eigenvalue weighted by atomic mass is 16.2. The third-order valence-corrected chi connectivity index (χ3v) is 4.65. The molecule has 2 heterocycles. The van der Waals surface area contributed by atoms with Gasteiger partial charge in [0.25, 0.3) is 0 Å². The SMILES string of the molecule is Cc1nnc(CN(C)C(=O)[C@H](CC(C)C)N2CCCCC2=O)n1C. The molecule has 0 radical (unpaired) electrons. The van der Waals surface area contributed by atoms with Crippen LogP contribution in [0.5, 0.6) is 0 Å². The van der Waals surface area contributed by atoms with Crippen LogP contribution in [-0.4, -0.2) is 56.0 Å². The van der Waals surface area contributed by atoms with Gasteiger partial charge in [-0.2, -0.15) is 0 Å². The van der Waals surface area contributed by atoms with Crippen molar-refractivity contribution in [3.63, 3.8) is 0 Å². The van der Waals surface area contributed by atoms with Gasteiger partial charge in [0.15, 0.2) is 5.82 Å². The first-order valence-electron chi connectivity index (χ1n) is 8.70. The number of rotatable bonds is 6. The van der Waals surface area contributed by atoms with E-state index in [1.807, 2.05) is 18.5 Å². The van der Waals surface area contributed by atoms with Gasteiger partial charge in [0.05, 0.1) is 6.54 Å². The summed E-state index contributed by atoms with van der Waals surface area (Å²) in [5.41, 5.74) is 0. The third kappa shape index (κ3) is 4.13. The number of amides is 2. The quantitative estimate of drug-likeness (QED) is 0.790. The molecule has 0 aliphatic carbocycles. The highest BCUT2D eigenvalue weighted by molar-refractivity contribution is 5.87. The van der Waals surface area contributed by atoms with Crippen LogP contribution in [-0.2, 0) is 23.2 Å². The maximum absolute atomic E-state index is 13.0. The summed E-state index contributed by atoms with van der Waals surface area (Å²) < 4.78 is 1.88. The zero-order chi connectivity index (χ0) is 17.9. The molecule has 1 aliphatic rings. The molecule has 0 saturated carbocycles. The van der Waals surface area contributed by atoms with Crippen molar-refractivity contribution in [2.45, 2.75) is 59.0 Å². The monoisotopic (exact) mass is 335 g/mol. The summed E-state index contributed by atoms with van der Waals surface area (Å²) >= 11 is 0. The normalized spacial score (nSPS) is 16.6. The minimum absolute atomic E-state index is 0.0143. The number of aryl methyl sites for hydroxylation is 1. The lowest BCUT2D eigenvalue weighted by atomic mass is 9.98. The van der Waals surface area contributed by atoms with Gasteiger partial charge in [0.2, 0.25) is 11.8 Å². The highest BCUT2D eigenvalue weighted by Gasteiger charge is 2.33. The van der Waals surface area contributed by atoms with E-state index in [1.165, 1.54) is 0 Å². The Morgan fingerprint density at radius 1 is 1.29 bits per heavy atom. The van der Waals surface area contributed by atoms with Crippen LogP contribution >= 0.6 is 0 Å². The van der Waals surface area contributed by atoms with Crippen LogP contribution in [0, 0.1) is 12.8 Å². The summed E-state index contributed by atoms with van der Waals surface area (Å²) in [5, 5.41) is 8.16. The van der Waals surface area contributed by atoms with Crippen LogP contribution in [0.3, 0.4) is 0 Å². The molecular formula is C17H29N5O2. The molecule has 1 fully saturated rings. The van der Waals surface area contributed by atoms with E-state index in [1.54, 1.807) is 16.8 Å². The van der Waals surface area contributed by atoms with Gasteiger partial charge in [-0.05, 0) is 32.1 Å². The number of likely N-dealkylation sites (tertiary alicyclic amines) is 1.